The summed E-state index contributed by atoms with van der Waals surface area (Å²) in [6.45, 7) is 1.86. The van der Waals surface area contributed by atoms with Crippen molar-refractivity contribution in [3.8, 4) is 0 Å². The van der Waals surface area contributed by atoms with Gasteiger partial charge in [-0.25, -0.2) is 0 Å². The normalized spacial score (nSPS) is 14.9. The number of nitro groups is 1. The minimum Gasteiger partial charge on any atom is -0.267 e. The van der Waals surface area contributed by atoms with Gasteiger partial charge in [-0.05, 0) is 30.7 Å². The Morgan fingerprint density at radius 2 is 1.54 bits per heavy atom. The van der Waals surface area contributed by atoms with Crippen LogP contribution < -0.4 is 5.01 Å². The molecule has 0 saturated carbocycles. The zero-order valence-electron chi connectivity index (χ0n) is 13.4. The highest BCUT2D eigenvalue weighted by molar-refractivity contribution is 6.32. The SMILES string of the molecule is CC1=NN(c2ccccc2)C(=O)/C1=C/c1ccccc1.C[N+](=O)[O-]. The lowest BCUT2D eigenvalue weighted by molar-refractivity contribution is -0.445. The van der Waals surface area contributed by atoms with E-state index >= 15 is 0 Å². The van der Waals surface area contributed by atoms with Crippen molar-refractivity contribution in [2.75, 3.05) is 12.1 Å². The molecule has 0 atom stereocenters. The summed E-state index contributed by atoms with van der Waals surface area (Å²) in [6.07, 6.45) is 1.88. The van der Waals surface area contributed by atoms with E-state index in [1.807, 2.05) is 73.7 Å². The second-order valence-electron chi connectivity index (χ2n) is 5.05. The van der Waals surface area contributed by atoms with E-state index in [1.165, 1.54) is 5.01 Å². The Hall–Kier alpha value is -3.28. The number of amides is 1. The van der Waals surface area contributed by atoms with Crippen molar-refractivity contribution >= 4 is 23.4 Å². The van der Waals surface area contributed by atoms with E-state index in [4.69, 9.17) is 10.1 Å². The molecule has 6 heteroatoms. The number of carbonyl (C=O) groups excluding carboxylic acids is 1. The van der Waals surface area contributed by atoms with E-state index in [0.717, 1.165) is 24.0 Å². The summed E-state index contributed by atoms with van der Waals surface area (Å²) in [4.78, 5) is 20.8. The van der Waals surface area contributed by atoms with Crippen molar-refractivity contribution in [2.45, 2.75) is 6.92 Å². The number of benzene rings is 2. The third-order valence-corrected chi connectivity index (χ3v) is 3.17. The highest BCUT2D eigenvalue weighted by Gasteiger charge is 2.28. The summed E-state index contributed by atoms with van der Waals surface area (Å²) in [7, 11) is 0.889. The first-order chi connectivity index (χ1) is 11.5. The molecule has 0 saturated heterocycles. The molecule has 122 valence electrons. The van der Waals surface area contributed by atoms with E-state index < -0.39 is 4.92 Å². The van der Waals surface area contributed by atoms with Crippen LogP contribution in [0.15, 0.2) is 71.3 Å². The average Bonchev–Trinajstić information content (AvgIpc) is 2.84. The average molecular weight is 323 g/mol. The molecule has 0 N–H and O–H groups in total. The van der Waals surface area contributed by atoms with Gasteiger partial charge < -0.3 is 0 Å². The first kappa shape index (κ1) is 17.1. The predicted molar refractivity (Wildman–Crippen MR) is 94.4 cm³/mol. The maximum Gasteiger partial charge on any atom is 0.280 e. The topological polar surface area (TPSA) is 75.8 Å². The number of rotatable bonds is 2. The number of hydrazone groups is 1. The van der Waals surface area contributed by atoms with Crippen LogP contribution in [0.2, 0.25) is 0 Å². The Balaban J connectivity index is 0.000000471. The van der Waals surface area contributed by atoms with Gasteiger partial charge in [-0.15, -0.1) is 0 Å². The molecule has 3 rings (SSSR count). The second kappa shape index (κ2) is 7.82. The Morgan fingerprint density at radius 3 is 2.08 bits per heavy atom. The van der Waals surface area contributed by atoms with Crippen LogP contribution in [0.3, 0.4) is 0 Å². The molecule has 0 fully saturated rings. The zero-order valence-corrected chi connectivity index (χ0v) is 13.4. The zero-order chi connectivity index (χ0) is 17.5. The van der Waals surface area contributed by atoms with Crippen LogP contribution in [-0.2, 0) is 4.79 Å². The summed E-state index contributed by atoms with van der Waals surface area (Å²) in [5.41, 5.74) is 3.16. The van der Waals surface area contributed by atoms with Gasteiger partial charge in [0, 0.05) is 4.92 Å². The van der Waals surface area contributed by atoms with Crippen LogP contribution in [0.25, 0.3) is 6.08 Å². The maximum absolute atomic E-state index is 12.5. The van der Waals surface area contributed by atoms with E-state index in [-0.39, 0.29) is 5.91 Å². The number of carbonyl (C=O) groups is 1. The van der Waals surface area contributed by atoms with Crippen molar-refractivity contribution in [3.05, 3.63) is 81.9 Å². The fourth-order valence-electron chi connectivity index (χ4n) is 2.14. The number of hydrogen-bond acceptors (Lipinski definition) is 4. The maximum atomic E-state index is 12.5. The molecule has 24 heavy (non-hydrogen) atoms. The molecule has 0 aliphatic carbocycles. The van der Waals surface area contributed by atoms with Gasteiger partial charge in [-0.2, -0.15) is 10.1 Å². The summed E-state index contributed by atoms with van der Waals surface area (Å²) in [6, 6.07) is 19.3. The first-order valence-corrected chi connectivity index (χ1v) is 7.29. The highest BCUT2D eigenvalue weighted by atomic mass is 16.6. The van der Waals surface area contributed by atoms with Crippen LogP contribution in [-0.4, -0.2) is 23.6 Å². The third kappa shape index (κ3) is 4.36. The summed E-state index contributed by atoms with van der Waals surface area (Å²) >= 11 is 0. The molecule has 1 amide bonds. The molecule has 1 aliphatic heterocycles. The molecule has 0 unspecified atom stereocenters. The fourth-order valence-corrected chi connectivity index (χ4v) is 2.14. The molecule has 0 bridgehead atoms. The number of hydrogen-bond donors (Lipinski definition) is 0. The number of para-hydroxylation sites is 1. The lowest BCUT2D eigenvalue weighted by Crippen LogP contribution is -2.21. The van der Waals surface area contributed by atoms with Gasteiger partial charge in [0.25, 0.3) is 5.91 Å². The van der Waals surface area contributed by atoms with Crippen LogP contribution in [0, 0.1) is 10.1 Å². The minimum absolute atomic E-state index is 0.0856. The Labute approximate surface area is 139 Å². The minimum atomic E-state index is -0.500. The number of anilines is 1. The van der Waals surface area contributed by atoms with Gasteiger partial charge in [0.1, 0.15) is 0 Å². The Bertz CT molecular complexity index is 780. The van der Waals surface area contributed by atoms with Crippen molar-refractivity contribution in [1.82, 2.24) is 0 Å². The Kier molecular flexibility index (Phi) is 5.57. The summed E-state index contributed by atoms with van der Waals surface area (Å²) in [5, 5.41) is 14.6. The third-order valence-electron chi connectivity index (χ3n) is 3.17. The van der Waals surface area contributed by atoms with Gasteiger partial charge in [-0.3, -0.25) is 14.9 Å². The summed E-state index contributed by atoms with van der Waals surface area (Å²) < 4.78 is 0. The van der Waals surface area contributed by atoms with E-state index in [9.17, 15) is 4.79 Å². The second-order valence-corrected chi connectivity index (χ2v) is 5.05. The van der Waals surface area contributed by atoms with Crippen LogP contribution >= 0.6 is 0 Å². The highest BCUT2D eigenvalue weighted by Crippen LogP contribution is 2.24. The lowest BCUT2D eigenvalue weighted by Gasteiger charge is -2.10. The molecule has 0 aromatic heterocycles. The molecule has 0 spiro atoms. The van der Waals surface area contributed by atoms with Gasteiger partial charge in [0.15, 0.2) is 7.05 Å². The van der Waals surface area contributed by atoms with Crippen LogP contribution in [0.1, 0.15) is 12.5 Å². The molecule has 1 heterocycles. The molecule has 2 aromatic rings. The molecule has 1 aliphatic rings. The van der Waals surface area contributed by atoms with Crippen molar-refractivity contribution < 1.29 is 9.72 Å². The van der Waals surface area contributed by atoms with Crippen molar-refractivity contribution in [1.29, 1.82) is 0 Å². The Morgan fingerprint density at radius 1 is 1.04 bits per heavy atom. The predicted octanol–water partition coefficient (Wildman–Crippen LogP) is 3.39. The molecule has 0 radical (unpaired) electrons. The van der Waals surface area contributed by atoms with Gasteiger partial charge in [-0.1, -0.05) is 48.5 Å². The lowest BCUT2D eigenvalue weighted by atomic mass is 10.1. The number of nitrogens with zero attached hydrogens (tertiary/aromatic N) is 3. The molecule has 2 aromatic carbocycles. The van der Waals surface area contributed by atoms with E-state index in [2.05, 4.69) is 5.10 Å². The fraction of sp³-hybridized carbons (Fsp3) is 0.111. The van der Waals surface area contributed by atoms with Crippen LogP contribution in [0.4, 0.5) is 5.69 Å². The van der Waals surface area contributed by atoms with E-state index in [1.54, 1.807) is 0 Å². The largest absolute Gasteiger partial charge is 0.280 e. The summed E-state index contributed by atoms with van der Waals surface area (Å²) in [5.74, 6) is -0.0856. The van der Waals surface area contributed by atoms with Gasteiger partial charge in [0.2, 0.25) is 0 Å². The molecule has 6 nitrogen and oxygen atoms in total. The molecular weight excluding hydrogens is 306 g/mol. The molecular formula is C18H17N3O3. The van der Waals surface area contributed by atoms with Crippen molar-refractivity contribution in [3.63, 3.8) is 0 Å². The van der Waals surface area contributed by atoms with Crippen molar-refractivity contribution in [2.24, 2.45) is 5.10 Å². The quantitative estimate of drug-likeness (QED) is 0.483. The van der Waals surface area contributed by atoms with Gasteiger partial charge in [0.05, 0.1) is 17.0 Å². The smallest absolute Gasteiger partial charge is 0.267 e. The van der Waals surface area contributed by atoms with E-state index in [0.29, 0.717) is 5.57 Å². The monoisotopic (exact) mass is 323 g/mol. The first-order valence-electron chi connectivity index (χ1n) is 7.29. The van der Waals surface area contributed by atoms with Gasteiger partial charge >= 0.3 is 0 Å². The standard InChI is InChI=1S/C17H14N2O.CH3NO2/c1-13-16(12-14-8-4-2-5-9-14)17(20)19(18-13)15-10-6-3-7-11-15;1-2(3)4/h2-12H,1H3;1H3/b16-12+;. The van der Waals surface area contributed by atoms with Crippen LogP contribution in [0.5, 0.6) is 0 Å².